The summed E-state index contributed by atoms with van der Waals surface area (Å²) in [7, 11) is 3.74. The van der Waals surface area contributed by atoms with E-state index in [0.717, 1.165) is 19.4 Å². The average molecular weight is 257 g/mol. The van der Waals surface area contributed by atoms with Crippen molar-refractivity contribution in [3.8, 4) is 0 Å². The van der Waals surface area contributed by atoms with Crippen molar-refractivity contribution in [3.63, 3.8) is 0 Å². The summed E-state index contributed by atoms with van der Waals surface area (Å²) in [6.07, 6.45) is 2.23. The number of carbonyl (C=O) groups excluding carboxylic acids is 1. The van der Waals surface area contributed by atoms with E-state index in [2.05, 4.69) is 10.2 Å². The molecule has 1 atom stereocenters. The number of amides is 2. The van der Waals surface area contributed by atoms with Gasteiger partial charge in [0.2, 0.25) is 0 Å². The molecule has 0 radical (unpaired) electrons. The summed E-state index contributed by atoms with van der Waals surface area (Å²) in [4.78, 5) is 26.6. The van der Waals surface area contributed by atoms with Crippen LogP contribution in [0.1, 0.15) is 26.7 Å². The Kier molecular flexibility index (Phi) is 4.56. The average Bonchev–Trinajstić information content (AvgIpc) is 2.63. The minimum absolute atomic E-state index is 0.345. The van der Waals surface area contributed by atoms with Crippen LogP contribution < -0.4 is 5.32 Å². The number of urea groups is 1. The van der Waals surface area contributed by atoms with Crippen molar-refractivity contribution in [3.05, 3.63) is 0 Å². The molecule has 104 valence electrons. The van der Waals surface area contributed by atoms with Crippen LogP contribution in [0.2, 0.25) is 0 Å². The molecule has 1 rings (SSSR count). The maximum atomic E-state index is 11.9. The van der Waals surface area contributed by atoms with Crippen LogP contribution in [0, 0.1) is 0 Å². The second kappa shape index (κ2) is 5.56. The number of nitrogens with zero attached hydrogens (tertiary/aromatic N) is 2. The van der Waals surface area contributed by atoms with Crippen molar-refractivity contribution in [2.75, 3.05) is 27.2 Å². The largest absolute Gasteiger partial charge is 0.480 e. The van der Waals surface area contributed by atoms with Crippen molar-refractivity contribution in [1.82, 2.24) is 15.1 Å². The van der Waals surface area contributed by atoms with Gasteiger partial charge in [0.25, 0.3) is 0 Å². The molecule has 1 saturated heterocycles. The van der Waals surface area contributed by atoms with Crippen LogP contribution in [-0.2, 0) is 4.79 Å². The molecule has 18 heavy (non-hydrogen) atoms. The number of nitrogens with one attached hydrogen (secondary N) is 1. The van der Waals surface area contributed by atoms with E-state index >= 15 is 0 Å². The first kappa shape index (κ1) is 14.8. The quantitative estimate of drug-likeness (QED) is 0.773. The molecule has 0 aromatic rings. The highest BCUT2D eigenvalue weighted by molar-refractivity contribution is 5.85. The summed E-state index contributed by atoms with van der Waals surface area (Å²) in [5.41, 5.74) is -1.24. The number of aliphatic carboxylic acids is 1. The Morgan fingerprint density at radius 1 is 1.50 bits per heavy atom. The van der Waals surface area contributed by atoms with Gasteiger partial charge in [0.1, 0.15) is 5.54 Å². The molecule has 0 aliphatic carbocycles. The highest BCUT2D eigenvalue weighted by Gasteiger charge is 2.31. The molecule has 1 heterocycles. The fourth-order valence-electron chi connectivity index (χ4n) is 2.03. The maximum Gasteiger partial charge on any atom is 0.328 e. The topological polar surface area (TPSA) is 72.9 Å². The number of rotatable bonds is 4. The zero-order valence-corrected chi connectivity index (χ0v) is 11.6. The monoisotopic (exact) mass is 257 g/mol. The second-order valence-corrected chi connectivity index (χ2v) is 5.52. The number of hydrogen-bond acceptors (Lipinski definition) is 3. The smallest absolute Gasteiger partial charge is 0.328 e. The first-order valence-corrected chi connectivity index (χ1v) is 6.21. The van der Waals surface area contributed by atoms with Crippen molar-refractivity contribution >= 4 is 12.0 Å². The van der Waals surface area contributed by atoms with Gasteiger partial charge in [-0.3, -0.25) is 0 Å². The number of hydrogen-bond donors (Lipinski definition) is 2. The van der Waals surface area contributed by atoms with Crippen LogP contribution in [0.15, 0.2) is 0 Å². The van der Waals surface area contributed by atoms with Crippen molar-refractivity contribution < 1.29 is 14.7 Å². The summed E-state index contributed by atoms with van der Waals surface area (Å²) >= 11 is 0. The molecule has 1 unspecified atom stereocenters. The van der Waals surface area contributed by atoms with Crippen molar-refractivity contribution in [2.45, 2.75) is 38.3 Å². The van der Waals surface area contributed by atoms with Gasteiger partial charge in [-0.2, -0.15) is 0 Å². The Morgan fingerprint density at radius 2 is 2.11 bits per heavy atom. The summed E-state index contributed by atoms with van der Waals surface area (Å²) in [6.45, 7) is 4.63. The van der Waals surface area contributed by atoms with Gasteiger partial charge in [0, 0.05) is 19.6 Å². The lowest BCUT2D eigenvalue weighted by Crippen LogP contribution is -2.54. The first-order chi connectivity index (χ1) is 8.24. The fraction of sp³-hybridized carbons (Fsp3) is 0.833. The van der Waals surface area contributed by atoms with Gasteiger partial charge >= 0.3 is 12.0 Å². The number of likely N-dealkylation sites (N-methyl/N-ethyl adjacent to an activating group) is 2. The lowest BCUT2D eigenvalue weighted by Gasteiger charge is -2.29. The van der Waals surface area contributed by atoms with Gasteiger partial charge in [0.05, 0.1) is 0 Å². The Bertz CT molecular complexity index is 331. The summed E-state index contributed by atoms with van der Waals surface area (Å²) in [5.74, 6) is -1.04. The molecule has 0 aromatic carbocycles. The number of carboxylic acid groups (broad SMARTS) is 1. The van der Waals surface area contributed by atoms with Crippen LogP contribution in [0.3, 0.4) is 0 Å². The number of carboxylic acids is 1. The molecule has 0 bridgehead atoms. The van der Waals surface area contributed by atoms with E-state index in [-0.39, 0.29) is 6.03 Å². The number of carbonyl (C=O) groups is 2. The highest BCUT2D eigenvalue weighted by Crippen LogP contribution is 2.15. The van der Waals surface area contributed by atoms with Crippen LogP contribution in [0.5, 0.6) is 0 Å². The van der Waals surface area contributed by atoms with E-state index in [4.69, 9.17) is 5.11 Å². The van der Waals surface area contributed by atoms with E-state index < -0.39 is 11.5 Å². The molecule has 1 aliphatic heterocycles. The van der Waals surface area contributed by atoms with Crippen molar-refractivity contribution in [1.29, 1.82) is 0 Å². The Balaban J connectivity index is 2.49. The van der Waals surface area contributed by atoms with Gasteiger partial charge in [-0.1, -0.05) is 0 Å². The molecule has 6 nitrogen and oxygen atoms in total. The minimum Gasteiger partial charge on any atom is -0.480 e. The third-order valence-corrected chi connectivity index (χ3v) is 3.46. The molecule has 2 amide bonds. The lowest BCUT2D eigenvalue weighted by molar-refractivity contribution is -0.143. The Morgan fingerprint density at radius 3 is 2.56 bits per heavy atom. The fourth-order valence-corrected chi connectivity index (χ4v) is 2.03. The maximum absolute atomic E-state index is 11.9. The van der Waals surface area contributed by atoms with Crippen molar-refractivity contribution in [2.24, 2.45) is 0 Å². The lowest BCUT2D eigenvalue weighted by atomic mass is 10.1. The zero-order chi connectivity index (χ0) is 13.9. The first-order valence-electron chi connectivity index (χ1n) is 6.21. The molecule has 1 fully saturated rings. The molecule has 0 aromatic heterocycles. The third-order valence-electron chi connectivity index (χ3n) is 3.46. The van der Waals surface area contributed by atoms with E-state index in [1.807, 2.05) is 7.05 Å². The molecule has 2 N–H and O–H groups in total. The van der Waals surface area contributed by atoms with Crippen LogP contribution in [0.25, 0.3) is 0 Å². The Labute approximate surface area is 108 Å². The molecular formula is C12H23N3O3. The van der Waals surface area contributed by atoms with Crippen LogP contribution >= 0.6 is 0 Å². The highest BCUT2D eigenvalue weighted by atomic mass is 16.4. The van der Waals surface area contributed by atoms with E-state index in [1.165, 1.54) is 13.8 Å². The predicted molar refractivity (Wildman–Crippen MR) is 68.5 cm³/mol. The van der Waals surface area contributed by atoms with Gasteiger partial charge in [-0.25, -0.2) is 9.59 Å². The van der Waals surface area contributed by atoms with E-state index in [1.54, 1.807) is 11.9 Å². The zero-order valence-electron chi connectivity index (χ0n) is 11.6. The van der Waals surface area contributed by atoms with Gasteiger partial charge in [0.15, 0.2) is 0 Å². The van der Waals surface area contributed by atoms with Crippen LogP contribution in [-0.4, -0.2) is 65.7 Å². The van der Waals surface area contributed by atoms with Gasteiger partial charge in [-0.15, -0.1) is 0 Å². The molecule has 1 aliphatic rings. The normalized spacial score (nSPS) is 20.8. The molecular weight excluding hydrogens is 234 g/mol. The summed E-state index contributed by atoms with van der Waals surface area (Å²) < 4.78 is 0. The second-order valence-electron chi connectivity index (χ2n) is 5.52. The number of likely N-dealkylation sites (tertiary alicyclic amines) is 1. The SMILES string of the molecule is CN(CC1CCCN1C)C(=O)NC(C)(C)C(=O)O. The minimum atomic E-state index is -1.24. The molecule has 0 spiro atoms. The van der Waals surface area contributed by atoms with Crippen LogP contribution in [0.4, 0.5) is 4.79 Å². The third kappa shape index (κ3) is 3.60. The van der Waals surface area contributed by atoms with E-state index in [9.17, 15) is 9.59 Å². The molecule has 6 heteroatoms. The Hall–Kier alpha value is -1.30. The summed E-state index contributed by atoms with van der Waals surface area (Å²) in [5, 5.41) is 11.5. The van der Waals surface area contributed by atoms with Gasteiger partial charge in [-0.05, 0) is 40.3 Å². The standard InChI is InChI=1S/C12H23N3O3/c1-12(2,10(16)17)13-11(18)15(4)8-9-6-5-7-14(9)3/h9H,5-8H2,1-4H3,(H,13,18)(H,16,17). The summed E-state index contributed by atoms with van der Waals surface area (Å²) in [6, 6.07) is 0.0244. The van der Waals surface area contributed by atoms with E-state index in [0.29, 0.717) is 12.6 Å². The molecule has 0 saturated carbocycles. The predicted octanol–water partition coefficient (Wildman–Crippen LogP) is 0.585. The van der Waals surface area contributed by atoms with Gasteiger partial charge < -0.3 is 20.2 Å².